The second-order valence-electron chi connectivity index (χ2n) is 6.21. The van der Waals surface area contributed by atoms with Crippen LogP contribution < -0.4 is 5.32 Å². The van der Waals surface area contributed by atoms with Crippen LogP contribution in [0.1, 0.15) is 23.5 Å². The number of aryl methyl sites for hydroxylation is 1. The molecule has 1 heterocycles. The maximum atomic E-state index is 4.53. The highest BCUT2D eigenvalue weighted by Crippen LogP contribution is 2.51. The highest BCUT2D eigenvalue weighted by molar-refractivity contribution is 14.0. The summed E-state index contributed by atoms with van der Waals surface area (Å²) < 4.78 is 0.315. The van der Waals surface area contributed by atoms with Gasteiger partial charge in [-0.3, -0.25) is 4.99 Å². The van der Waals surface area contributed by atoms with Gasteiger partial charge in [0.1, 0.15) is 0 Å². The first-order valence-electron chi connectivity index (χ1n) is 8.17. The fourth-order valence-corrected chi connectivity index (χ4v) is 4.46. The van der Waals surface area contributed by atoms with Crippen LogP contribution >= 0.6 is 47.1 Å². The normalized spacial score (nSPS) is 15.4. The van der Waals surface area contributed by atoms with Crippen LogP contribution in [0, 0.1) is 6.92 Å². The van der Waals surface area contributed by atoms with E-state index in [1.165, 1.54) is 17.7 Å². The molecule has 2 aromatic rings. The Balaban J connectivity index is 0.00000225. The summed E-state index contributed by atoms with van der Waals surface area (Å²) in [6, 6.07) is 10.7. The van der Waals surface area contributed by atoms with Gasteiger partial charge < -0.3 is 10.2 Å². The van der Waals surface area contributed by atoms with Crippen molar-refractivity contribution in [1.29, 1.82) is 0 Å². The van der Waals surface area contributed by atoms with E-state index >= 15 is 0 Å². The fraction of sp³-hybridized carbons (Fsp3) is 0.444. The zero-order valence-corrected chi connectivity index (χ0v) is 18.8. The zero-order chi connectivity index (χ0) is 17.0. The zero-order valence-electron chi connectivity index (χ0n) is 14.9. The molecule has 0 unspecified atom stereocenters. The lowest BCUT2D eigenvalue weighted by atomic mass is 10.4. The molecule has 1 aromatic heterocycles. The second-order valence-corrected chi connectivity index (χ2v) is 8.82. The van der Waals surface area contributed by atoms with E-state index in [9.17, 15) is 0 Å². The van der Waals surface area contributed by atoms with Crippen LogP contribution in [0.4, 0.5) is 0 Å². The minimum atomic E-state index is 0. The molecule has 1 N–H and O–H groups in total. The van der Waals surface area contributed by atoms with Crippen molar-refractivity contribution in [2.45, 2.75) is 36.0 Å². The predicted octanol–water partition coefficient (Wildman–Crippen LogP) is 4.40. The van der Waals surface area contributed by atoms with Crippen LogP contribution in [0.5, 0.6) is 0 Å². The first-order chi connectivity index (χ1) is 11.6. The van der Waals surface area contributed by atoms with Crippen molar-refractivity contribution in [3.05, 3.63) is 46.4 Å². The first kappa shape index (κ1) is 20.5. The Morgan fingerprint density at radius 2 is 2.08 bits per heavy atom. The number of nitrogens with zero attached hydrogens (tertiary/aromatic N) is 3. The summed E-state index contributed by atoms with van der Waals surface area (Å²) in [5.41, 5.74) is 1.10. The Labute approximate surface area is 175 Å². The summed E-state index contributed by atoms with van der Waals surface area (Å²) in [6.07, 6.45) is 2.51. The third-order valence-electron chi connectivity index (χ3n) is 4.09. The Bertz CT molecular complexity index is 698. The number of hydrogen-bond acceptors (Lipinski definition) is 4. The van der Waals surface area contributed by atoms with Crippen molar-refractivity contribution in [1.82, 2.24) is 15.2 Å². The molecular weight excluding hydrogens is 463 g/mol. The van der Waals surface area contributed by atoms with Crippen LogP contribution in [0.15, 0.2) is 45.6 Å². The number of thiazole rings is 1. The van der Waals surface area contributed by atoms with Gasteiger partial charge in [-0.05, 0) is 31.9 Å². The largest absolute Gasteiger partial charge is 0.355 e. The quantitative estimate of drug-likeness (QED) is 0.372. The number of aromatic nitrogens is 1. The third-order valence-corrected chi connectivity index (χ3v) is 6.41. The molecule has 1 aromatic carbocycles. The summed E-state index contributed by atoms with van der Waals surface area (Å²) in [4.78, 5) is 12.4. The average molecular weight is 488 g/mol. The van der Waals surface area contributed by atoms with E-state index < -0.39 is 0 Å². The van der Waals surface area contributed by atoms with E-state index in [0.29, 0.717) is 4.75 Å². The van der Waals surface area contributed by atoms with Gasteiger partial charge >= 0.3 is 0 Å². The molecule has 0 amide bonds. The molecule has 1 aliphatic carbocycles. The van der Waals surface area contributed by atoms with E-state index in [0.717, 1.165) is 29.8 Å². The van der Waals surface area contributed by atoms with Crippen LogP contribution in [-0.4, -0.2) is 41.2 Å². The lowest BCUT2D eigenvalue weighted by Crippen LogP contribution is -2.42. The molecule has 1 aliphatic rings. The van der Waals surface area contributed by atoms with Gasteiger partial charge in [-0.2, -0.15) is 0 Å². The van der Waals surface area contributed by atoms with E-state index in [2.05, 4.69) is 63.0 Å². The molecular formula is C18H25IN4S2. The van der Waals surface area contributed by atoms with Crippen LogP contribution in [-0.2, 0) is 6.54 Å². The Morgan fingerprint density at radius 1 is 1.36 bits per heavy atom. The predicted molar refractivity (Wildman–Crippen MR) is 119 cm³/mol. The Morgan fingerprint density at radius 3 is 2.64 bits per heavy atom. The van der Waals surface area contributed by atoms with Gasteiger partial charge in [0.15, 0.2) is 5.96 Å². The highest BCUT2D eigenvalue weighted by Gasteiger charge is 2.43. The summed E-state index contributed by atoms with van der Waals surface area (Å²) >= 11 is 3.67. The number of aliphatic imine (C=N–C) groups is 1. The van der Waals surface area contributed by atoms with Gasteiger partial charge in [-0.1, -0.05) is 18.2 Å². The molecule has 1 fully saturated rings. The smallest absolute Gasteiger partial charge is 0.193 e. The number of benzene rings is 1. The molecule has 136 valence electrons. The standard InChI is InChI=1S/C18H24N4S2.HI/c1-14-21-15(12-23-14)11-22(3)17(19-2)20-13-18(9-10-18)24-16-7-5-4-6-8-16;/h4-8,12H,9-11,13H2,1-3H3,(H,19,20);1H. The number of nitrogens with one attached hydrogen (secondary N) is 1. The third kappa shape index (κ3) is 5.86. The van der Waals surface area contributed by atoms with E-state index in [1.54, 1.807) is 11.3 Å². The van der Waals surface area contributed by atoms with Gasteiger partial charge in [0.05, 0.1) is 17.2 Å². The van der Waals surface area contributed by atoms with Crippen molar-refractivity contribution in [2.75, 3.05) is 20.6 Å². The molecule has 7 heteroatoms. The average Bonchev–Trinajstić information content (AvgIpc) is 3.21. The fourth-order valence-electron chi connectivity index (χ4n) is 2.62. The lowest BCUT2D eigenvalue weighted by molar-refractivity contribution is 0.470. The number of halogens is 1. The monoisotopic (exact) mass is 488 g/mol. The molecule has 0 saturated heterocycles. The van der Waals surface area contributed by atoms with Gasteiger partial charge in [-0.15, -0.1) is 47.1 Å². The number of guanidine groups is 1. The molecule has 0 aliphatic heterocycles. The lowest BCUT2D eigenvalue weighted by Gasteiger charge is -2.24. The SMILES string of the molecule is CN=C(NCC1(Sc2ccccc2)CC1)N(C)Cc1csc(C)n1.I. The molecule has 4 nitrogen and oxygen atoms in total. The first-order valence-corrected chi connectivity index (χ1v) is 9.87. The molecule has 0 spiro atoms. The molecule has 25 heavy (non-hydrogen) atoms. The van der Waals surface area contributed by atoms with Crippen LogP contribution in [0.25, 0.3) is 0 Å². The van der Waals surface area contributed by atoms with Gasteiger partial charge in [0.2, 0.25) is 0 Å². The minimum Gasteiger partial charge on any atom is -0.355 e. The van der Waals surface area contributed by atoms with E-state index in [1.807, 2.05) is 25.7 Å². The Hall–Kier alpha value is -0.800. The van der Waals surface area contributed by atoms with E-state index in [-0.39, 0.29) is 24.0 Å². The molecule has 0 bridgehead atoms. The molecule has 1 saturated carbocycles. The van der Waals surface area contributed by atoms with E-state index in [4.69, 9.17) is 0 Å². The Kier molecular flexibility index (Phi) is 7.57. The highest BCUT2D eigenvalue weighted by atomic mass is 127. The number of rotatable bonds is 6. The maximum Gasteiger partial charge on any atom is 0.193 e. The van der Waals surface area contributed by atoms with Crippen molar-refractivity contribution in [2.24, 2.45) is 4.99 Å². The molecule has 3 rings (SSSR count). The number of thioether (sulfide) groups is 1. The van der Waals surface area contributed by atoms with Crippen LogP contribution in [0.3, 0.4) is 0 Å². The summed E-state index contributed by atoms with van der Waals surface area (Å²) in [7, 11) is 3.91. The van der Waals surface area contributed by atoms with Crippen molar-refractivity contribution in [3.63, 3.8) is 0 Å². The minimum absolute atomic E-state index is 0. The van der Waals surface area contributed by atoms with Crippen molar-refractivity contribution in [3.8, 4) is 0 Å². The van der Waals surface area contributed by atoms with Gasteiger partial charge in [0, 0.05) is 35.7 Å². The molecule has 0 radical (unpaired) electrons. The summed E-state index contributed by atoms with van der Waals surface area (Å²) in [6.45, 7) is 3.77. The summed E-state index contributed by atoms with van der Waals surface area (Å²) in [5.74, 6) is 0.931. The summed E-state index contributed by atoms with van der Waals surface area (Å²) in [5, 5.41) is 6.78. The molecule has 0 atom stereocenters. The number of hydrogen-bond donors (Lipinski definition) is 1. The van der Waals surface area contributed by atoms with Crippen LogP contribution in [0.2, 0.25) is 0 Å². The van der Waals surface area contributed by atoms with Gasteiger partial charge in [0.25, 0.3) is 0 Å². The second kappa shape index (κ2) is 9.23. The van der Waals surface area contributed by atoms with Gasteiger partial charge in [-0.25, -0.2) is 4.98 Å². The topological polar surface area (TPSA) is 40.5 Å². The van der Waals surface area contributed by atoms with Crippen molar-refractivity contribution < 1.29 is 0 Å². The maximum absolute atomic E-state index is 4.53. The van der Waals surface area contributed by atoms with Crippen molar-refractivity contribution >= 4 is 53.0 Å².